The van der Waals surface area contributed by atoms with Gasteiger partial charge in [-0.1, -0.05) is 12.1 Å². The molecule has 0 aromatic heterocycles. The number of rotatable bonds is 6. The zero-order valence-corrected chi connectivity index (χ0v) is 11.8. The van der Waals surface area contributed by atoms with Crippen molar-refractivity contribution in [3.05, 3.63) is 29.8 Å². The topological polar surface area (TPSA) is 67.4 Å². The van der Waals surface area contributed by atoms with Crippen molar-refractivity contribution in [3.63, 3.8) is 0 Å². The molecule has 2 rings (SSSR count). The molecule has 1 atom stereocenters. The van der Waals surface area contributed by atoms with E-state index in [4.69, 9.17) is 4.74 Å². The number of Topliss-reactive ketones (excluding diaryl/α,β-unsaturated/α-hetero) is 1. The Bertz CT molecular complexity index is 498. The van der Waals surface area contributed by atoms with Crippen LogP contribution < -0.4 is 15.4 Å². The molecule has 0 bridgehead atoms. The second-order valence-corrected chi connectivity index (χ2v) is 5.11. The Hall–Kier alpha value is -1.88. The molecule has 0 spiro atoms. The fraction of sp³-hybridized carbons (Fsp3) is 0.467. The standard InChI is InChI=1S/C15H20N2O3/c1-10(18)13-4-3-5-14(6-13)20-11(2)15(19)17-9-12-7-16-8-12/h3-6,11-12,16H,7-9H2,1-2H3,(H,17,19). The van der Waals surface area contributed by atoms with Gasteiger partial charge < -0.3 is 15.4 Å². The summed E-state index contributed by atoms with van der Waals surface area (Å²) in [5, 5.41) is 6.03. The molecule has 1 aliphatic rings. The van der Waals surface area contributed by atoms with Crippen LogP contribution in [0.2, 0.25) is 0 Å². The monoisotopic (exact) mass is 276 g/mol. The highest BCUT2D eigenvalue weighted by Gasteiger charge is 2.20. The van der Waals surface area contributed by atoms with E-state index in [2.05, 4.69) is 10.6 Å². The summed E-state index contributed by atoms with van der Waals surface area (Å²) in [7, 11) is 0. The number of hydrogen-bond donors (Lipinski definition) is 2. The highest BCUT2D eigenvalue weighted by atomic mass is 16.5. The van der Waals surface area contributed by atoms with E-state index in [1.165, 1.54) is 6.92 Å². The van der Waals surface area contributed by atoms with E-state index in [0.717, 1.165) is 13.1 Å². The van der Waals surface area contributed by atoms with Crippen molar-refractivity contribution in [2.24, 2.45) is 5.92 Å². The lowest BCUT2D eigenvalue weighted by Crippen LogP contribution is -2.49. The minimum atomic E-state index is -0.578. The normalized spacial score (nSPS) is 16.1. The summed E-state index contributed by atoms with van der Waals surface area (Å²) < 4.78 is 5.57. The van der Waals surface area contributed by atoms with Gasteiger partial charge >= 0.3 is 0 Å². The number of hydrogen-bond acceptors (Lipinski definition) is 4. The van der Waals surface area contributed by atoms with Gasteiger partial charge in [0.25, 0.3) is 5.91 Å². The average Bonchev–Trinajstić information content (AvgIpc) is 2.37. The number of carbonyl (C=O) groups is 2. The van der Waals surface area contributed by atoms with Gasteiger partial charge in [0.2, 0.25) is 0 Å². The molecule has 108 valence electrons. The van der Waals surface area contributed by atoms with Crippen molar-refractivity contribution in [3.8, 4) is 5.75 Å². The van der Waals surface area contributed by atoms with Crippen LogP contribution in [0.3, 0.4) is 0 Å². The predicted octanol–water partition coefficient (Wildman–Crippen LogP) is 0.992. The Morgan fingerprint density at radius 3 is 2.80 bits per heavy atom. The molecule has 5 nitrogen and oxygen atoms in total. The molecule has 1 saturated heterocycles. The first-order valence-corrected chi connectivity index (χ1v) is 6.82. The molecule has 2 N–H and O–H groups in total. The van der Waals surface area contributed by atoms with Crippen LogP contribution in [0.1, 0.15) is 24.2 Å². The Kier molecular flexibility index (Phi) is 4.74. The molecule has 5 heteroatoms. The Morgan fingerprint density at radius 1 is 1.45 bits per heavy atom. The lowest BCUT2D eigenvalue weighted by molar-refractivity contribution is -0.127. The van der Waals surface area contributed by atoms with E-state index in [1.54, 1.807) is 31.2 Å². The summed E-state index contributed by atoms with van der Waals surface area (Å²) in [4.78, 5) is 23.2. The molecule has 0 aliphatic carbocycles. The van der Waals surface area contributed by atoms with Gasteiger partial charge in [0.05, 0.1) is 0 Å². The fourth-order valence-corrected chi connectivity index (χ4v) is 1.93. The smallest absolute Gasteiger partial charge is 0.260 e. The maximum Gasteiger partial charge on any atom is 0.260 e. The first-order valence-electron chi connectivity index (χ1n) is 6.82. The van der Waals surface area contributed by atoms with Gasteiger partial charge in [-0.2, -0.15) is 0 Å². The lowest BCUT2D eigenvalue weighted by Gasteiger charge is -2.27. The van der Waals surface area contributed by atoms with Crippen LogP contribution in [0.25, 0.3) is 0 Å². The Morgan fingerprint density at radius 2 is 2.20 bits per heavy atom. The van der Waals surface area contributed by atoms with Crippen LogP contribution in [-0.4, -0.2) is 37.4 Å². The van der Waals surface area contributed by atoms with Gasteiger partial charge in [-0.15, -0.1) is 0 Å². The largest absolute Gasteiger partial charge is 0.481 e. The first kappa shape index (κ1) is 14.5. The summed E-state index contributed by atoms with van der Waals surface area (Å²) >= 11 is 0. The summed E-state index contributed by atoms with van der Waals surface area (Å²) in [5.41, 5.74) is 0.579. The van der Waals surface area contributed by atoms with E-state index in [0.29, 0.717) is 23.8 Å². The number of ketones is 1. The SMILES string of the molecule is CC(=O)c1cccc(OC(C)C(=O)NCC2CNC2)c1. The molecule has 1 aliphatic heterocycles. The minimum absolute atomic E-state index is 0.0231. The third-order valence-corrected chi connectivity index (χ3v) is 3.35. The molecule has 1 heterocycles. The molecule has 1 fully saturated rings. The summed E-state index contributed by atoms with van der Waals surface area (Å²) in [5.74, 6) is 0.896. The number of nitrogens with one attached hydrogen (secondary N) is 2. The molecule has 0 saturated carbocycles. The van der Waals surface area contributed by atoms with Gasteiger partial charge in [0.1, 0.15) is 5.75 Å². The predicted molar refractivity (Wildman–Crippen MR) is 75.9 cm³/mol. The highest BCUT2D eigenvalue weighted by molar-refractivity contribution is 5.94. The first-order chi connectivity index (χ1) is 9.56. The molecule has 1 amide bonds. The van der Waals surface area contributed by atoms with Crippen LogP contribution >= 0.6 is 0 Å². The third kappa shape index (κ3) is 3.81. The van der Waals surface area contributed by atoms with Crippen LogP contribution in [0.5, 0.6) is 5.75 Å². The van der Waals surface area contributed by atoms with Crippen molar-refractivity contribution in [2.75, 3.05) is 19.6 Å². The number of amides is 1. The van der Waals surface area contributed by atoms with Crippen molar-refractivity contribution >= 4 is 11.7 Å². The highest BCUT2D eigenvalue weighted by Crippen LogP contribution is 2.15. The fourth-order valence-electron chi connectivity index (χ4n) is 1.93. The van der Waals surface area contributed by atoms with Gasteiger partial charge in [-0.3, -0.25) is 9.59 Å². The van der Waals surface area contributed by atoms with Crippen molar-refractivity contribution in [1.82, 2.24) is 10.6 Å². The van der Waals surface area contributed by atoms with Crippen molar-refractivity contribution in [2.45, 2.75) is 20.0 Å². The lowest BCUT2D eigenvalue weighted by atomic mass is 10.0. The van der Waals surface area contributed by atoms with E-state index < -0.39 is 6.10 Å². The maximum absolute atomic E-state index is 11.9. The third-order valence-electron chi connectivity index (χ3n) is 3.35. The van der Waals surface area contributed by atoms with Crippen LogP contribution in [0.15, 0.2) is 24.3 Å². The second-order valence-electron chi connectivity index (χ2n) is 5.11. The van der Waals surface area contributed by atoms with E-state index >= 15 is 0 Å². The van der Waals surface area contributed by atoms with Gasteiger partial charge in [-0.25, -0.2) is 0 Å². The molecular weight excluding hydrogens is 256 g/mol. The molecule has 0 radical (unpaired) electrons. The molecule has 1 aromatic carbocycles. The van der Waals surface area contributed by atoms with Crippen molar-refractivity contribution < 1.29 is 14.3 Å². The van der Waals surface area contributed by atoms with E-state index in [-0.39, 0.29) is 11.7 Å². The Labute approximate surface area is 118 Å². The quantitative estimate of drug-likeness (QED) is 0.760. The molecule has 1 aromatic rings. The van der Waals surface area contributed by atoms with E-state index in [9.17, 15) is 9.59 Å². The van der Waals surface area contributed by atoms with E-state index in [1.807, 2.05) is 0 Å². The summed E-state index contributed by atoms with van der Waals surface area (Å²) in [6.45, 7) is 5.79. The second kappa shape index (κ2) is 6.52. The van der Waals surface area contributed by atoms with Crippen LogP contribution in [-0.2, 0) is 4.79 Å². The maximum atomic E-state index is 11.9. The van der Waals surface area contributed by atoms with Gasteiger partial charge in [0, 0.05) is 31.1 Å². The zero-order chi connectivity index (χ0) is 14.5. The minimum Gasteiger partial charge on any atom is -0.481 e. The summed E-state index contributed by atoms with van der Waals surface area (Å²) in [6, 6.07) is 6.87. The summed E-state index contributed by atoms with van der Waals surface area (Å²) in [6.07, 6.45) is -0.578. The zero-order valence-electron chi connectivity index (χ0n) is 11.8. The van der Waals surface area contributed by atoms with Crippen LogP contribution in [0.4, 0.5) is 0 Å². The number of carbonyl (C=O) groups excluding carboxylic acids is 2. The Balaban J connectivity index is 1.86. The molecule has 1 unspecified atom stereocenters. The van der Waals surface area contributed by atoms with Gasteiger partial charge in [0.15, 0.2) is 11.9 Å². The average molecular weight is 276 g/mol. The van der Waals surface area contributed by atoms with Crippen molar-refractivity contribution in [1.29, 1.82) is 0 Å². The van der Waals surface area contributed by atoms with Gasteiger partial charge in [-0.05, 0) is 26.0 Å². The number of benzene rings is 1. The molecule has 20 heavy (non-hydrogen) atoms. The molecular formula is C15H20N2O3. The number of ether oxygens (including phenoxy) is 1. The van der Waals surface area contributed by atoms with Crippen LogP contribution in [0, 0.1) is 5.92 Å².